The maximum absolute atomic E-state index is 12.4. The number of rotatable bonds is 5. The van der Waals surface area contributed by atoms with Crippen molar-refractivity contribution in [1.29, 1.82) is 0 Å². The smallest absolute Gasteiger partial charge is 0.321 e. The van der Waals surface area contributed by atoms with Crippen LogP contribution in [0.15, 0.2) is 41.3 Å². The van der Waals surface area contributed by atoms with Crippen LogP contribution in [0.25, 0.3) is 26.1 Å². The van der Waals surface area contributed by atoms with E-state index < -0.39 is 4.75 Å². The van der Waals surface area contributed by atoms with E-state index in [9.17, 15) is 4.79 Å². The highest BCUT2D eigenvalue weighted by molar-refractivity contribution is 8.01. The number of nitrogens with zero attached hydrogens (tertiary/aromatic N) is 2. The van der Waals surface area contributed by atoms with Crippen molar-refractivity contribution >= 4 is 45.0 Å². The average molecular weight is 397 g/mol. The Kier molecular flexibility index (Phi) is 5.54. The first-order valence-corrected chi connectivity index (χ1v) is 10.2. The maximum atomic E-state index is 12.4. The Labute approximate surface area is 167 Å². The normalized spacial score (nSPS) is 11.4. The van der Waals surface area contributed by atoms with E-state index in [-0.39, 0.29) is 5.97 Å². The van der Waals surface area contributed by atoms with Gasteiger partial charge >= 0.3 is 5.97 Å². The van der Waals surface area contributed by atoms with Gasteiger partial charge in [-0.1, -0.05) is 30.3 Å². The van der Waals surface area contributed by atoms with E-state index in [1.165, 1.54) is 23.3 Å². The van der Waals surface area contributed by atoms with Crippen molar-refractivity contribution < 1.29 is 9.53 Å². The summed E-state index contributed by atoms with van der Waals surface area (Å²) >= 11 is 2.96. The first-order valence-electron chi connectivity index (χ1n) is 8.60. The Morgan fingerprint density at radius 3 is 2.59 bits per heavy atom. The van der Waals surface area contributed by atoms with Gasteiger partial charge in [0, 0.05) is 15.8 Å². The number of fused-ring (bicyclic) bond motifs is 1. The van der Waals surface area contributed by atoms with E-state index in [0.29, 0.717) is 12.3 Å². The summed E-state index contributed by atoms with van der Waals surface area (Å²) < 4.78 is 10.1. The summed E-state index contributed by atoms with van der Waals surface area (Å²) in [6, 6.07) is 11.7. The lowest BCUT2D eigenvalue weighted by Crippen LogP contribution is -2.30. The number of ether oxygens (including phenoxy) is 1. The Bertz CT molecular complexity index is 1030. The molecule has 27 heavy (non-hydrogen) atoms. The Morgan fingerprint density at radius 2 is 1.96 bits per heavy atom. The van der Waals surface area contributed by atoms with E-state index in [4.69, 9.17) is 11.3 Å². The zero-order chi connectivity index (χ0) is 19.6. The second-order valence-electron chi connectivity index (χ2n) is 6.57. The third-order valence-electron chi connectivity index (χ3n) is 4.20. The molecule has 138 valence electrons. The molecule has 1 aromatic heterocycles. The van der Waals surface area contributed by atoms with Gasteiger partial charge in [-0.05, 0) is 50.9 Å². The SMILES string of the molecule is [C-]#[N+]c1ccc(-c2c(SC(C)(C)C(=O)OCC)ccc3c(C)nsc23)cc1. The molecule has 4 nitrogen and oxygen atoms in total. The third-order valence-corrected chi connectivity index (χ3v) is 6.41. The molecule has 0 saturated heterocycles. The van der Waals surface area contributed by atoms with Crippen LogP contribution < -0.4 is 0 Å². The molecule has 0 radical (unpaired) electrons. The maximum Gasteiger partial charge on any atom is 0.321 e. The first-order chi connectivity index (χ1) is 12.9. The average Bonchev–Trinajstić information content (AvgIpc) is 3.02. The molecule has 0 unspecified atom stereocenters. The van der Waals surface area contributed by atoms with Crippen molar-refractivity contribution in [3.8, 4) is 11.1 Å². The molecule has 6 heteroatoms. The van der Waals surface area contributed by atoms with Crippen molar-refractivity contribution in [3.63, 3.8) is 0 Å². The lowest BCUT2D eigenvalue weighted by Gasteiger charge is -2.23. The summed E-state index contributed by atoms with van der Waals surface area (Å²) in [5.41, 5.74) is 3.67. The van der Waals surface area contributed by atoms with E-state index >= 15 is 0 Å². The lowest BCUT2D eigenvalue weighted by molar-refractivity contribution is -0.145. The predicted octanol–water partition coefficient (Wildman–Crippen LogP) is 6.26. The second-order valence-corrected chi connectivity index (χ2v) is 9.01. The zero-order valence-corrected chi connectivity index (χ0v) is 17.3. The largest absolute Gasteiger partial charge is 0.465 e. The molecule has 0 spiro atoms. The molecule has 0 saturated carbocycles. The molecule has 2 aromatic carbocycles. The summed E-state index contributed by atoms with van der Waals surface area (Å²) in [5, 5.41) is 1.11. The van der Waals surface area contributed by atoms with Crippen LogP contribution in [0.3, 0.4) is 0 Å². The Hall–Kier alpha value is -2.36. The van der Waals surface area contributed by atoms with Crippen LogP contribution in [0, 0.1) is 13.5 Å². The third kappa shape index (κ3) is 3.85. The van der Waals surface area contributed by atoms with Gasteiger partial charge in [-0.15, -0.1) is 11.8 Å². The van der Waals surface area contributed by atoms with E-state index in [1.807, 2.05) is 58.0 Å². The van der Waals surface area contributed by atoms with Gasteiger partial charge in [0.1, 0.15) is 4.75 Å². The fourth-order valence-electron chi connectivity index (χ4n) is 2.79. The van der Waals surface area contributed by atoms with Gasteiger partial charge in [0.25, 0.3) is 0 Å². The summed E-state index contributed by atoms with van der Waals surface area (Å²) in [7, 11) is 0. The fourth-order valence-corrected chi connectivity index (χ4v) is 4.96. The van der Waals surface area contributed by atoms with Crippen molar-refractivity contribution in [2.45, 2.75) is 37.3 Å². The highest BCUT2D eigenvalue weighted by atomic mass is 32.2. The number of aromatic nitrogens is 1. The van der Waals surface area contributed by atoms with E-state index in [0.717, 1.165) is 31.8 Å². The summed E-state index contributed by atoms with van der Waals surface area (Å²) in [6.07, 6.45) is 0. The van der Waals surface area contributed by atoms with Gasteiger partial charge in [-0.25, -0.2) is 4.85 Å². The van der Waals surface area contributed by atoms with Gasteiger partial charge in [-0.3, -0.25) is 4.79 Å². The van der Waals surface area contributed by atoms with Crippen LogP contribution in [-0.4, -0.2) is 21.7 Å². The van der Waals surface area contributed by atoms with Crippen LogP contribution in [0.4, 0.5) is 5.69 Å². The molecule has 0 aliphatic heterocycles. The number of esters is 1. The van der Waals surface area contributed by atoms with Crippen LogP contribution in [0.2, 0.25) is 0 Å². The topological polar surface area (TPSA) is 43.5 Å². The molecule has 0 aliphatic rings. The quantitative estimate of drug-likeness (QED) is 0.290. The molecular weight excluding hydrogens is 376 g/mol. The number of carbonyl (C=O) groups is 1. The first kappa shape index (κ1) is 19.4. The molecule has 0 aliphatic carbocycles. The molecule has 0 bridgehead atoms. The van der Waals surface area contributed by atoms with Crippen LogP contribution in [-0.2, 0) is 9.53 Å². The fraction of sp³-hybridized carbons (Fsp3) is 0.286. The van der Waals surface area contributed by atoms with Gasteiger partial charge < -0.3 is 4.74 Å². The van der Waals surface area contributed by atoms with Crippen molar-refractivity contribution in [1.82, 2.24) is 4.37 Å². The van der Waals surface area contributed by atoms with Crippen LogP contribution >= 0.6 is 23.3 Å². The zero-order valence-electron chi connectivity index (χ0n) is 15.7. The highest BCUT2D eigenvalue weighted by Crippen LogP contribution is 2.44. The highest BCUT2D eigenvalue weighted by Gasteiger charge is 2.32. The Balaban J connectivity index is 2.15. The summed E-state index contributed by atoms with van der Waals surface area (Å²) in [5.74, 6) is -0.232. The van der Waals surface area contributed by atoms with Crippen molar-refractivity contribution in [2.24, 2.45) is 0 Å². The van der Waals surface area contributed by atoms with E-state index in [1.54, 1.807) is 0 Å². The molecule has 1 heterocycles. The minimum absolute atomic E-state index is 0.232. The minimum Gasteiger partial charge on any atom is -0.465 e. The lowest BCUT2D eigenvalue weighted by atomic mass is 10.0. The summed E-state index contributed by atoms with van der Waals surface area (Å²) in [6.45, 7) is 15.1. The number of hydrogen-bond acceptors (Lipinski definition) is 5. The van der Waals surface area contributed by atoms with Crippen LogP contribution in [0.1, 0.15) is 26.5 Å². The molecule has 3 aromatic rings. The monoisotopic (exact) mass is 396 g/mol. The van der Waals surface area contributed by atoms with Crippen LogP contribution in [0.5, 0.6) is 0 Å². The number of aryl methyl sites for hydroxylation is 1. The number of carbonyl (C=O) groups excluding carboxylic acids is 1. The van der Waals surface area contributed by atoms with Gasteiger partial charge in [0.2, 0.25) is 0 Å². The number of hydrogen-bond donors (Lipinski definition) is 0. The molecule has 0 fully saturated rings. The van der Waals surface area contributed by atoms with Crippen molar-refractivity contribution in [2.75, 3.05) is 6.61 Å². The van der Waals surface area contributed by atoms with E-state index in [2.05, 4.69) is 15.3 Å². The van der Waals surface area contributed by atoms with Gasteiger partial charge in [-0.2, -0.15) is 4.37 Å². The molecule has 0 atom stereocenters. The Morgan fingerprint density at radius 1 is 1.26 bits per heavy atom. The van der Waals surface area contributed by atoms with Gasteiger partial charge in [0.15, 0.2) is 5.69 Å². The van der Waals surface area contributed by atoms with Gasteiger partial charge in [0.05, 0.1) is 23.6 Å². The predicted molar refractivity (Wildman–Crippen MR) is 113 cm³/mol. The second kappa shape index (κ2) is 7.71. The minimum atomic E-state index is -0.714. The molecule has 0 amide bonds. The molecule has 0 N–H and O–H groups in total. The van der Waals surface area contributed by atoms with Crippen molar-refractivity contribution in [3.05, 3.63) is 53.5 Å². The number of thioether (sulfide) groups is 1. The summed E-state index contributed by atoms with van der Waals surface area (Å²) in [4.78, 5) is 16.9. The standard InChI is InChI=1S/C21H20N2O2S2/c1-6-25-20(24)21(3,4)26-17-12-11-16-13(2)23-27-19(16)18(17)14-7-9-15(22-5)10-8-14/h7-12H,6H2,1-4H3. The molecular formula is C21H20N2O2S2. The number of benzene rings is 2. The molecule has 3 rings (SSSR count).